The van der Waals surface area contributed by atoms with Crippen LogP contribution in [0.25, 0.3) is 0 Å². The van der Waals surface area contributed by atoms with E-state index in [2.05, 4.69) is 4.98 Å². The number of hydrogen-bond donors (Lipinski definition) is 2. The highest BCUT2D eigenvalue weighted by Crippen LogP contribution is 2.25. The first kappa shape index (κ1) is 11.4. The number of pyridine rings is 1. The smallest absolute Gasteiger partial charge is 0.128 e. The number of nitrogens with two attached hydrogens (primary N) is 2. The summed E-state index contributed by atoms with van der Waals surface area (Å²) in [5, 5.41) is 0. The fraction of sp³-hybridized carbons (Fsp3) is 0.154. The van der Waals surface area contributed by atoms with Gasteiger partial charge in [0.05, 0.1) is 13.2 Å². The molecule has 2 aromatic rings. The van der Waals surface area contributed by atoms with Gasteiger partial charge in [0.15, 0.2) is 0 Å². The molecule has 0 aliphatic heterocycles. The van der Waals surface area contributed by atoms with Crippen molar-refractivity contribution in [3.8, 4) is 5.75 Å². The van der Waals surface area contributed by atoms with Crippen LogP contribution in [0.2, 0.25) is 0 Å². The molecule has 4 heteroatoms. The molecule has 88 valence electrons. The molecule has 0 spiro atoms. The molecule has 0 saturated carbocycles. The summed E-state index contributed by atoms with van der Waals surface area (Å²) in [4.78, 5) is 4.03. The van der Waals surface area contributed by atoms with Crippen molar-refractivity contribution in [3.63, 3.8) is 0 Å². The third kappa shape index (κ3) is 2.37. The molecule has 1 aromatic heterocycles. The van der Waals surface area contributed by atoms with Gasteiger partial charge in [-0.1, -0.05) is 18.2 Å². The van der Waals surface area contributed by atoms with Crippen LogP contribution in [0.3, 0.4) is 0 Å². The van der Waals surface area contributed by atoms with E-state index in [0.717, 1.165) is 16.9 Å². The fourth-order valence-electron chi connectivity index (χ4n) is 1.71. The molecule has 0 aliphatic carbocycles. The van der Waals surface area contributed by atoms with E-state index in [4.69, 9.17) is 16.2 Å². The summed E-state index contributed by atoms with van der Waals surface area (Å²) in [6.07, 6.45) is 1.65. The number of anilines is 1. The number of nitrogen functional groups attached to an aromatic ring is 1. The first-order valence-electron chi connectivity index (χ1n) is 5.32. The summed E-state index contributed by atoms with van der Waals surface area (Å²) >= 11 is 0. The zero-order valence-electron chi connectivity index (χ0n) is 9.63. The predicted octanol–water partition coefficient (Wildman–Crippen LogP) is 1.72. The lowest BCUT2D eigenvalue weighted by atomic mass is 10.00. The Morgan fingerprint density at radius 2 is 2.06 bits per heavy atom. The summed E-state index contributed by atoms with van der Waals surface area (Å²) in [5.74, 6) is 1.24. The maximum absolute atomic E-state index is 6.17. The van der Waals surface area contributed by atoms with E-state index < -0.39 is 0 Å². The highest BCUT2D eigenvalue weighted by Gasteiger charge is 2.12. The van der Waals surface area contributed by atoms with Crippen molar-refractivity contribution in [1.29, 1.82) is 0 Å². The number of methoxy groups -OCH3 is 1. The molecule has 2 rings (SSSR count). The zero-order valence-corrected chi connectivity index (χ0v) is 9.63. The van der Waals surface area contributed by atoms with E-state index in [1.165, 1.54) is 0 Å². The Bertz CT molecular complexity index is 514. The van der Waals surface area contributed by atoms with Crippen molar-refractivity contribution >= 4 is 5.82 Å². The quantitative estimate of drug-likeness (QED) is 0.840. The maximum Gasteiger partial charge on any atom is 0.128 e. The standard InChI is InChI=1S/C13H15N3O/c1-17-10-5-2-4-9(8-10)12(14)11-6-3-7-16-13(11)15/h2-8,12H,14H2,1H3,(H2,15,16). The lowest BCUT2D eigenvalue weighted by molar-refractivity contribution is 0.414. The first-order valence-corrected chi connectivity index (χ1v) is 5.32. The second kappa shape index (κ2) is 4.84. The minimum atomic E-state index is -0.293. The molecule has 1 heterocycles. The van der Waals surface area contributed by atoms with E-state index in [1.807, 2.05) is 36.4 Å². The van der Waals surface area contributed by atoms with Crippen LogP contribution in [-0.4, -0.2) is 12.1 Å². The normalized spacial score (nSPS) is 12.1. The van der Waals surface area contributed by atoms with Crippen molar-refractivity contribution in [2.45, 2.75) is 6.04 Å². The van der Waals surface area contributed by atoms with Gasteiger partial charge in [-0.2, -0.15) is 0 Å². The molecule has 0 bridgehead atoms. The SMILES string of the molecule is COc1cccc(C(N)c2cccnc2N)c1. The highest BCUT2D eigenvalue weighted by molar-refractivity contribution is 5.46. The first-order chi connectivity index (χ1) is 8.22. The van der Waals surface area contributed by atoms with E-state index >= 15 is 0 Å². The Labute approximate surface area is 100 Å². The van der Waals surface area contributed by atoms with Gasteiger partial charge in [0, 0.05) is 11.8 Å². The predicted molar refractivity (Wildman–Crippen MR) is 67.7 cm³/mol. The van der Waals surface area contributed by atoms with Gasteiger partial charge in [-0.15, -0.1) is 0 Å². The molecule has 4 nitrogen and oxygen atoms in total. The number of rotatable bonds is 3. The van der Waals surface area contributed by atoms with Gasteiger partial charge >= 0.3 is 0 Å². The average molecular weight is 229 g/mol. The van der Waals surface area contributed by atoms with Crippen LogP contribution in [0.5, 0.6) is 5.75 Å². The van der Waals surface area contributed by atoms with Crippen LogP contribution < -0.4 is 16.2 Å². The van der Waals surface area contributed by atoms with Crippen molar-refractivity contribution < 1.29 is 4.74 Å². The average Bonchev–Trinajstić information content (AvgIpc) is 2.38. The van der Waals surface area contributed by atoms with Crippen LogP contribution in [0.4, 0.5) is 5.82 Å². The van der Waals surface area contributed by atoms with E-state index in [1.54, 1.807) is 13.3 Å². The molecule has 0 aliphatic rings. The van der Waals surface area contributed by atoms with Gasteiger partial charge in [0.25, 0.3) is 0 Å². The lowest BCUT2D eigenvalue weighted by Gasteiger charge is -2.14. The molecule has 1 atom stereocenters. The van der Waals surface area contributed by atoms with Crippen molar-refractivity contribution in [1.82, 2.24) is 4.98 Å². The third-order valence-corrected chi connectivity index (χ3v) is 2.66. The summed E-state index contributed by atoms with van der Waals surface area (Å²) < 4.78 is 5.17. The monoisotopic (exact) mass is 229 g/mol. The molecule has 4 N–H and O–H groups in total. The minimum absolute atomic E-state index is 0.293. The Morgan fingerprint density at radius 1 is 1.24 bits per heavy atom. The zero-order chi connectivity index (χ0) is 12.3. The van der Waals surface area contributed by atoms with E-state index in [9.17, 15) is 0 Å². The molecular weight excluding hydrogens is 214 g/mol. The topological polar surface area (TPSA) is 74.2 Å². The molecule has 0 amide bonds. The Balaban J connectivity index is 2.37. The van der Waals surface area contributed by atoms with Crippen molar-refractivity contribution in [2.75, 3.05) is 12.8 Å². The Hall–Kier alpha value is -2.07. The number of benzene rings is 1. The van der Waals surface area contributed by atoms with Gasteiger partial charge < -0.3 is 16.2 Å². The maximum atomic E-state index is 6.17. The van der Waals surface area contributed by atoms with Gasteiger partial charge in [-0.3, -0.25) is 0 Å². The molecular formula is C13H15N3O. The number of hydrogen-bond acceptors (Lipinski definition) is 4. The summed E-state index contributed by atoms with van der Waals surface area (Å²) in [6, 6.07) is 11.0. The highest BCUT2D eigenvalue weighted by atomic mass is 16.5. The van der Waals surface area contributed by atoms with Gasteiger partial charge in [-0.25, -0.2) is 4.98 Å². The van der Waals surface area contributed by atoms with Crippen LogP contribution in [0, 0.1) is 0 Å². The molecule has 0 fully saturated rings. The minimum Gasteiger partial charge on any atom is -0.497 e. The van der Waals surface area contributed by atoms with Crippen molar-refractivity contribution in [3.05, 3.63) is 53.7 Å². The summed E-state index contributed by atoms with van der Waals surface area (Å²) in [7, 11) is 1.63. The van der Waals surface area contributed by atoms with E-state index in [-0.39, 0.29) is 6.04 Å². The van der Waals surface area contributed by atoms with Crippen LogP contribution >= 0.6 is 0 Å². The Kier molecular flexibility index (Phi) is 3.25. The number of nitrogens with zero attached hydrogens (tertiary/aromatic N) is 1. The van der Waals surface area contributed by atoms with Gasteiger partial charge in [0.1, 0.15) is 11.6 Å². The van der Waals surface area contributed by atoms with E-state index in [0.29, 0.717) is 5.82 Å². The summed E-state index contributed by atoms with van der Waals surface area (Å²) in [5.41, 5.74) is 13.7. The second-order valence-corrected chi connectivity index (χ2v) is 3.73. The van der Waals surface area contributed by atoms with Gasteiger partial charge in [0.2, 0.25) is 0 Å². The number of aromatic nitrogens is 1. The molecule has 1 unspecified atom stereocenters. The molecule has 1 aromatic carbocycles. The van der Waals surface area contributed by atoms with Gasteiger partial charge in [-0.05, 0) is 23.8 Å². The second-order valence-electron chi connectivity index (χ2n) is 3.73. The largest absolute Gasteiger partial charge is 0.497 e. The number of ether oxygens (including phenoxy) is 1. The lowest BCUT2D eigenvalue weighted by Crippen LogP contribution is -2.14. The fourth-order valence-corrected chi connectivity index (χ4v) is 1.71. The Morgan fingerprint density at radius 3 is 2.76 bits per heavy atom. The van der Waals surface area contributed by atoms with Crippen LogP contribution in [0.1, 0.15) is 17.2 Å². The van der Waals surface area contributed by atoms with Crippen LogP contribution in [0.15, 0.2) is 42.6 Å². The molecule has 0 saturated heterocycles. The third-order valence-electron chi connectivity index (χ3n) is 2.66. The van der Waals surface area contributed by atoms with Crippen LogP contribution in [-0.2, 0) is 0 Å². The molecule has 17 heavy (non-hydrogen) atoms. The van der Waals surface area contributed by atoms with Crippen molar-refractivity contribution in [2.24, 2.45) is 5.73 Å². The summed E-state index contributed by atoms with van der Waals surface area (Å²) in [6.45, 7) is 0. The molecule has 0 radical (unpaired) electrons.